The number of hydrogen-bond donors (Lipinski definition) is 0. The Bertz CT molecular complexity index is 210. The number of hydrogen-bond acceptors (Lipinski definition) is 2. The molecule has 0 aromatic rings. The largest absolute Gasteiger partial charge is 0.370 e. The lowest BCUT2D eigenvalue weighted by atomic mass is 9.82. The highest BCUT2D eigenvalue weighted by Gasteiger charge is 2.53. The highest BCUT2D eigenvalue weighted by Crippen LogP contribution is 2.57. The Morgan fingerprint density at radius 1 is 1.62 bits per heavy atom. The Morgan fingerprint density at radius 3 is 2.85 bits per heavy atom. The van der Waals surface area contributed by atoms with Crippen LogP contribution in [0.5, 0.6) is 0 Å². The first-order chi connectivity index (χ1) is 6.16. The minimum absolute atomic E-state index is 0.143. The molecule has 2 aliphatic carbocycles. The maximum absolute atomic E-state index is 10.1. The van der Waals surface area contributed by atoms with Crippen molar-refractivity contribution in [3.05, 3.63) is 6.42 Å². The zero-order valence-corrected chi connectivity index (χ0v) is 8.25. The summed E-state index contributed by atoms with van der Waals surface area (Å²) < 4.78 is 5.48. The van der Waals surface area contributed by atoms with E-state index in [4.69, 9.17) is 4.74 Å². The molecular formula is C11H16O2. The van der Waals surface area contributed by atoms with Gasteiger partial charge in [-0.25, -0.2) is 0 Å². The topological polar surface area (TPSA) is 26.3 Å². The highest BCUT2D eigenvalue weighted by atomic mass is 16.5. The third-order valence-corrected chi connectivity index (χ3v) is 3.88. The van der Waals surface area contributed by atoms with Crippen LogP contribution in [0.3, 0.4) is 0 Å². The van der Waals surface area contributed by atoms with Crippen LogP contribution in [0.15, 0.2) is 0 Å². The van der Waals surface area contributed by atoms with Crippen LogP contribution in [-0.2, 0) is 9.53 Å². The Morgan fingerprint density at radius 2 is 2.38 bits per heavy atom. The van der Waals surface area contributed by atoms with Crippen molar-refractivity contribution in [3.8, 4) is 0 Å². The van der Waals surface area contributed by atoms with E-state index in [-0.39, 0.29) is 6.61 Å². The van der Waals surface area contributed by atoms with Crippen LogP contribution in [0.1, 0.15) is 26.7 Å². The molecule has 3 atom stereocenters. The lowest BCUT2D eigenvalue weighted by Crippen LogP contribution is -2.25. The van der Waals surface area contributed by atoms with Crippen molar-refractivity contribution in [1.82, 2.24) is 0 Å². The van der Waals surface area contributed by atoms with Crippen LogP contribution in [0.25, 0.3) is 0 Å². The fourth-order valence-electron chi connectivity index (χ4n) is 2.96. The first-order valence-electron chi connectivity index (χ1n) is 4.96. The molecule has 2 nitrogen and oxygen atoms in total. The molecule has 0 aliphatic heterocycles. The molecule has 2 bridgehead atoms. The molecule has 0 heterocycles. The van der Waals surface area contributed by atoms with Gasteiger partial charge >= 0.3 is 0 Å². The van der Waals surface area contributed by atoms with Gasteiger partial charge in [-0.1, -0.05) is 13.8 Å². The molecule has 2 saturated carbocycles. The first-order valence-corrected chi connectivity index (χ1v) is 4.96. The van der Waals surface area contributed by atoms with E-state index in [0.29, 0.717) is 23.4 Å². The summed E-state index contributed by atoms with van der Waals surface area (Å²) in [4.78, 5) is 10.1. The van der Waals surface area contributed by atoms with Crippen LogP contribution in [-0.4, -0.2) is 19.0 Å². The van der Waals surface area contributed by atoms with Gasteiger partial charge in [0.05, 0.1) is 6.10 Å². The minimum atomic E-state index is 0.143. The van der Waals surface area contributed by atoms with Crippen molar-refractivity contribution in [2.24, 2.45) is 17.3 Å². The van der Waals surface area contributed by atoms with E-state index >= 15 is 0 Å². The summed E-state index contributed by atoms with van der Waals surface area (Å²) >= 11 is 0. The Kier molecular flexibility index (Phi) is 2.18. The zero-order chi connectivity index (χ0) is 9.47. The van der Waals surface area contributed by atoms with E-state index in [1.54, 1.807) is 6.29 Å². The zero-order valence-electron chi connectivity index (χ0n) is 8.25. The van der Waals surface area contributed by atoms with E-state index in [9.17, 15) is 4.79 Å². The predicted molar refractivity (Wildman–Crippen MR) is 49.7 cm³/mol. The third kappa shape index (κ3) is 1.32. The van der Waals surface area contributed by atoms with Crippen molar-refractivity contribution in [3.63, 3.8) is 0 Å². The number of ether oxygens (including phenoxy) is 1. The molecule has 0 amide bonds. The lowest BCUT2D eigenvalue weighted by molar-refractivity contribution is 0.0313. The SMILES string of the molecule is CC1(C)C2[CH]CC1C(OC[C]=O)C2. The third-order valence-electron chi connectivity index (χ3n) is 3.88. The number of rotatable bonds is 3. The van der Waals surface area contributed by atoms with Gasteiger partial charge in [-0.15, -0.1) is 0 Å². The van der Waals surface area contributed by atoms with Gasteiger partial charge in [-0.2, -0.15) is 0 Å². The van der Waals surface area contributed by atoms with Gasteiger partial charge in [0.25, 0.3) is 0 Å². The maximum atomic E-state index is 10.1. The molecule has 2 heteroatoms. The summed E-state index contributed by atoms with van der Waals surface area (Å²) in [7, 11) is 0. The summed E-state index contributed by atoms with van der Waals surface area (Å²) in [6.45, 7) is 4.75. The molecule has 2 fully saturated rings. The number of carbonyl (C=O) groups excluding carboxylic acids is 1. The molecule has 3 unspecified atom stereocenters. The van der Waals surface area contributed by atoms with E-state index < -0.39 is 0 Å². The normalized spacial score (nSPS) is 40.9. The van der Waals surface area contributed by atoms with E-state index in [1.807, 2.05) is 0 Å². The van der Waals surface area contributed by atoms with Gasteiger partial charge in [0.15, 0.2) is 0 Å². The highest BCUT2D eigenvalue weighted by molar-refractivity contribution is 5.51. The fourth-order valence-corrected chi connectivity index (χ4v) is 2.96. The molecule has 72 valence electrons. The molecule has 2 radical (unpaired) electrons. The Hall–Kier alpha value is -0.370. The summed E-state index contributed by atoms with van der Waals surface area (Å²) in [5.41, 5.74) is 0.382. The van der Waals surface area contributed by atoms with Crippen molar-refractivity contribution in [1.29, 1.82) is 0 Å². The van der Waals surface area contributed by atoms with Gasteiger partial charge < -0.3 is 4.74 Å². The van der Waals surface area contributed by atoms with E-state index in [2.05, 4.69) is 20.3 Å². The fraction of sp³-hybridized carbons (Fsp3) is 0.818. The van der Waals surface area contributed by atoms with E-state index in [1.165, 1.54) is 0 Å². The smallest absolute Gasteiger partial charge is 0.226 e. The molecule has 0 spiro atoms. The summed E-state index contributed by atoms with van der Waals surface area (Å²) in [5, 5.41) is 0. The van der Waals surface area contributed by atoms with Crippen LogP contribution >= 0.6 is 0 Å². The summed E-state index contributed by atoms with van der Waals surface area (Å²) in [5.74, 6) is 1.31. The molecule has 0 aromatic carbocycles. The monoisotopic (exact) mass is 180 g/mol. The molecule has 0 N–H and O–H groups in total. The van der Waals surface area contributed by atoms with Gasteiger partial charge in [-0.3, -0.25) is 4.79 Å². The quantitative estimate of drug-likeness (QED) is 0.661. The standard InChI is InChI=1S/C11H16O2/c1-11(2)8-3-4-9(11)10(7-8)13-6-5-12/h3,8-10H,4,6-7H2,1-2H3. The van der Waals surface area contributed by atoms with Gasteiger partial charge in [0, 0.05) is 0 Å². The summed E-state index contributed by atoms with van der Waals surface area (Å²) in [6.07, 6.45) is 6.76. The van der Waals surface area contributed by atoms with E-state index in [0.717, 1.165) is 12.8 Å². The van der Waals surface area contributed by atoms with Crippen LogP contribution in [0.2, 0.25) is 0 Å². The lowest BCUT2D eigenvalue weighted by Gasteiger charge is -2.25. The molecule has 13 heavy (non-hydrogen) atoms. The molecule has 0 aromatic heterocycles. The second-order valence-electron chi connectivity index (χ2n) is 4.74. The average molecular weight is 180 g/mol. The summed E-state index contributed by atoms with van der Waals surface area (Å²) in [6, 6.07) is 0. The number of fused-ring (bicyclic) bond motifs is 2. The second kappa shape index (κ2) is 3.09. The molecular weight excluding hydrogens is 164 g/mol. The van der Waals surface area contributed by atoms with Crippen molar-refractivity contribution >= 4 is 6.29 Å². The van der Waals surface area contributed by atoms with Crippen molar-refractivity contribution in [2.45, 2.75) is 32.8 Å². The van der Waals surface area contributed by atoms with Gasteiger partial charge in [0.2, 0.25) is 6.29 Å². The molecule has 2 rings (SSSR count). The van der Waals surface area contributed by atoms with Crippen molar-refractivity contribution in [2.75, 3.05) is 6.61 Å². The molecule has 0 saturated heterocycles. The Labute approximate surface area is 79.7 Å². The minimum Gasteiger partial charge on any atom is -0.370 e. The average Bonchev–Trinajstić information content (AvgIpc) is 2.52. The van der Waals surface area contributed by atoms with Crippen LogP contribution in [0.4, 0.5) is 0 Å². The van der Waals surface area contributed by atoms with Crippen LogP contribution in [0, 0.1) is 23.7 Å². The predicted octanol–water partition coefficient (Wildman–Crippen LogP) is 1.75. The van der Waals surface area contributed by atoms with Gasteiger partial charge in [-0.05, 0) is 36.5 Å². The van der Waals surface area contributed by atoms with Gasteiger partial charge in [0.1, 0.15) is 6.61 Å². The van der Waals surface area contributed by atoms with Crippen LogP contribution < -0.4 is 0 Å². The maximum Gasteiger partial charge on any atom is 0.226 e. The molecule has 2 aliphatic rings. The Balaban J connectivity index is 2.00. The second-order valence-corrected chi connectivity index (χ2v) is 4.74. The van der Waals surface area contributed by atoms with Crippen molar-refractivity contribution < 1.29 is 9.53 Å². The first kappa shape index (κ1) is 9.20.